The predicted molar refractivity (Wildman–Crippen MR) is 62.3 cm³/mol. The average molecular weight is 203 g/mol. The maximum atomic E-state index is 3.65. The van der Waals surface area contributed by atoms with E-state index in [1.54, 1.807) is 0 Å². The third-order valence-corrected chi connectivity index (χ3v) is 5.06. The van der Waals surface area contributed by atoms with Gasteiger partial charge >= 0.3 is 0 Å². The molecule has 0 amide bonds. The van der Waals surface area contributed by atoms with E-state index in [-0.39, 0.29) is 0 Å². The van der Waals surface area contributed by atoms with Crippen molar-refractivity contribution < 1.29 is 0 Å². The van der Waals surface area contributed by atoms with Crippen LogP contribution >= 0.6 is 0 Å². The van der Waals surface area contributed by atoms with E-state index in [0.29, 0.717) is 0 Å². The van der Waals surface area contributed by atoms with E-state index >= 15 is 0 Å². The Kier molecular flexibility index (Phi) is 2.48. The molecule has 15 heavy (non-hydrogen) atoms. The molecule has 3 rings (SSSR count). The first-order chi connectivity index (χ1) is 7.40. The molecule has 5 unspecified atom stereocenters. The lowest BCUT2D eigenvalue weighted by molar-refractivity contribution is 0.212. The fourth-order valence-corrected chi connectivity index (χ4v) is 4.57. The predicted octanol–water partition coefficient (Wildman–Crippen LogP) is 2.42. The van der Waals surface area contributed by atoms with Gasteiger partial charge in [-0.15, -0.1) is 5.92 Å². The molecule has 0 saturated heterocycles. The van der Waals surface area contributed by atoms with Crippen molar-refractivity contribution in [1.82, 2.24) is 5.32 Å². The van der Waals surface area contributed by atoms with Crippen LogP contribution in [0.4, 0.5) is 0 Å². The fourth-order valence-electron chi connectivity index (χ4n) is 4.57. The maximum absolute atomic E-state index is 3.65. The van der Waals surface area contributed by atoms with Crippen molar-refractivity contribution in [3.8, 4) is 11.8 Å². The van der Waals surface area contributed by atoms with Crippen LogP contribution in [0.25, 0.3) is 0 Å². The van der Waals surface area contributed by atoms with E-state index in [0.717, 1.165) is 36.3 Å². The van der Waals surface area contributed by atoms with Gasteiger partial charge in [0.2, 0.25) is 0 Å². The van der Waals surface area contributed by atoms with Crippen molar-refractivity contribution in [2.75, 3.05) is 6.54 Å². The molecule has 82 valence electrons. The summed E-state index contributed by atoms with van der Waals surface area (Å²) in [6.45, 7) is 2.83. The van der Waals surface area contributed by atoms with Crippen LogP contribution < -0.4 is 5.32 Å². The Labute approximate surface area is 93.0 Å². The monoisotopic (exact) mass is 203 g/mol. The standard InChI is InChI=1S/C14H21N/c1-2-3-7-15-14-9-10-8-13(14)12-6-4-5-11(10)12/h10-15H,4-9H2,1H3. The molecule has 0 aromatic heterocycles. The summed E-state index contributed by atoms with van der Waals surface area (Å²) in [6, 6.07) is 0.801. The molecule has 0 heterocycles. The Morgan fingerprint density at radius 3 is 2.87 bits per heavy atom. The molecule has 0 aromatic carbocycles. The second-order valence-electron chi connectivity index (χ2n) is 5.57. The highest BCUT2D eigenvalue weighted by Gasteiger charge is 2.53. The van der Waals surface area contributed by atoms with E-state index in [9.17, 15) is 0 Å². The van der Waals surface area contributed by atoms with Gasteiger partial charge in [0.05, 0.1) is 6.54 Å². The summed E-state index contributed by atoms with van der Waals surface area (Å²) in [4.78, 5) is 0. The minimum absolute atomic E-state index is 0.801. The van der Waals surface area contributed by atoms with Gasteiger partial charge in [0.1, 0.15) is 0 Å². The van der Waals surface area contributed by atoms with Gasteiger partial charge < -0.3 is 5.32 Å². The van der Waals surface area contributed by atoms with Crippen LogP contribution in [0.3, 0.4) is 0 Å². The lowest BCUT2D eigenvalue weighted by Crippen LogP contribution is -2.39. The Bertz CT molecular complexity index is 298. The molecular formula is C14H21N. The third-order valence-electron chi connectivity index (χ3n) is 5.06. The largest absolute Gasteiger partial charge is 0.303 e. The van der Waals surface area contributed by atoms with Crippen LogP contribution in [0.1, 0.15) is 39.0 Å². The zero-order chi connectivity index (χ0) is 10.3. The van der Waals surface area contributed by atoms with Crippen molar-refractivity contribution in [1.29, 1.82) is 0 Å². The first kappa shape index (κ1) is 9.73. The first-order valence-corrected chi connectivity index (χ1v) is 6.53. The maximum Gasteiger partial charge on any atom is 0.0578 e. The van der Waals surface area contributed by atoms with Gasteiger partial charge in [-0.3, -0.25) is 0 Å². The number of hydrogen-bond donors (Lipinski definition) is 1. The molecule has 3 aliphatic carbocycles. The van der Waals surface area contributed by atoms with Gasteiger partial charge in [-0.05, 0) is 56.3 Å². The quantitative estimate of drug-likeness (QED) is 0.680. The highest BCUT2D eigenvalue weighted by atomic mass is 14.9. The van der Waals surface area contributed by atoms with Crippen LogP contribution in [0, 0.1) is 35.5 Å². The molecule has 1 N–H and O–H groups in total. The molecule has 3 aliphatic rings. The van der Waals surface area contributed by atoms with Gasteiger partial charge in [0.15, 0.2) is 0 Å². The van der Waals surface area contributed by atoms with Crippen LogP contribution in [-0.2, 0) is 0 Å². The Balaban J connectivity index is 1.62. The van der Waals surface area contributed by atoms with E-state index in [1.165, 1.54) is 32.1 Å². The summed E-state index contributed by atoms with van der Waals surface area (Å²) in [6.07, 6.45) is 7.52. The molecule has 2 bridgehead atoms. The molecule has 5 atom stereocenters. The smallest absolute Gasteiger partial charge is 0.0578 e. The topological polar surface area (TPSA) is 12.0 Å². The molecule has 0 spiro atoms. The summed E-state index contributed by atoms with van der Waals surface area (Å²) in [5.74, 6) is 10.4. The fraction of sp³-hybridized carbons (Fsp3) is 0.857. The minimum atomic E-state index is 0.801. The lowest BCUT2D eigenvalue weighted by Gasteiger charge is -2.31. The normalized spacial score (nSPS) is 46.3. The van der Waals surface area contributed by atoms with Crippen LogP contribution in [0.5, 0.6) is 0 Å². The van der Waals surface area contributed by atoms with E-state index in [4.69, 9.17) is 0 Å². The minimum Gasteiger partial charge on any atom is -0.303 e. The molecule has 1 nitrogen and oxygen atoms in total. The highest BCUT2D eigenvalue weighted by molar-refractivity contribution is 5.07. The van der Waals surface area contributed by atoms with Crippen molar-refractivity contribution in [3.05, 3.63) is 0 Å². The van der Waals surface area contributed by atoms with Gasteiger partial charge in [0, 0.05) is 6.04 Å². The van der Waals surface area contributed by atoms with Gasteiger partial charge in [-0.1, -0.05) is 12.3 Å². The van der Waals surface area contributed by atoms with Crippen molar-refractivity contribution in [3.63, 3.8) is 0 Å². The summed E-state index contributed by atoms with van der Waals surface area (Å²) in [5.41, 5.74) is 0. The van der Waals surface area contributed by atoms with Crippen molar-refractivity contribution in [2.24, 2.45) is 23.7 Å². The van der Waals surface area contributed by atoms with Crippen LogP contribution in [0.2, 0.25) is 0 Å². The number of rotatable bonds is 2. The Morgan fingerprint density at radius 2 is 2.00 bits per heavy atom. The SMILES string of the molecule is CC#CCNC1CC2CC1C1CCCC21. The molecule has 1 heteroatoms. The summed E-state index contributed by atoms with van der Waals surface area (Å²) >= 11 is 0. The highest BCUT2D eigenvalue weighted by Crippen LogP contribution is 2.58. The lowest BCUT2D eigenvalue weighted by atomic mass is 9.79. The molecular weight excluding hydrogens is 182 g/mol. The second kappa shape index (κ2) is 3.83. The Morgan fingerprint density at radius 1 is 1.13 bits per heavy atom. The van der Waals surface area contributed by atoms with Gasteiger partial charge in [-0.2, -0.15) is 0 Å². The van der Waals surface area contributed by atoms with Gasteiger partial charge in [0.25, 0.3) is 0 Å². The number of nitrogens with one attached hydrogen (secondary N) is 1. The molecule has 3 fully saturated rings. The van der Waals surface area contributed by atoms with Crippen molar-refractivity contribution in [2.45, 2.75) is 45.1 Å². The third kappa shape index (κ3) is 1.51. The van der Waals surface area contributed by atoms with Crippen LogP contribution in [-0.4, -0.2) is 12.6 Å². The molecule has 3 saturated carbocycles. The van der Waals surface area contributed by atoms with Crippen LogP contribution in [0.15, 0.2) is 0 Å². The molecule has 0 aromatic rings. The van der Waals surface area contributed by atoms with E-state index < -0.39 is 0 Å². The zero-order valence-electron chi connectivity index (χ0n) is 9.63. The Hall–Kier alpha value is -0.480. The van der Waals surface area contributed by atoms with Gasteiger partial charge in [-0.25, -0.2) is 0 Å². The number of fused-ring (bicyclic) bond motifs is 5. The zero-order valence-corrected chi connectivity index (χ0v) is 9.63. The summed E-state index contributed by atoms with van der Waals surface area (Å²) < 4.78 is 0. The molecule has 0 radical (unpaired) electrons. The second-order valence-corrected chi connectivity index (χ2v) is 5.57. The van der Waals surface area contributed by atoms with E-state index in [1.807, 2.05) is 6.92 Å². The average Bonchev–Trinajstić information content (AvgIpc) is 2.89. The number of hydrogen-bond acceptors (Lipinski definition) is 1. The molecule has 0 aliphatic heterocycles. The van der Waals surface area contributed by atoms with Crippen molar-refractivity contribution >= 4 is 0 Å². The van der Waals surface area contributed by atoms with E-state index in [2.05, 4.69) is 17.2 Å². The summed E-state index contributed by atoms with van der Waals surface area (Å²) in [5, 5.41) is 3.65. The first-order valence-electron chi connectivity index (χ1n) is 6.53. The summed E-state index contributed by atoms with van der Waals surface area (Å²) in [7, 11) is 0.